The van der Waals surface area contributed by atoms with Gasteiger partial charge in [0.1, 0.15) is 0 Å². The molecule has 1 aromatic carbocycles. The fourth-order valence-electron chi connectivity index (χ4n) is 4.40. The van der Waals surface area contributed by atoms with Crippen molar-refractivity contribution in [3.05, 3.63) is 29.8 Å². The summed E-state index contributed by atoms with van der Waals surface area (Å²) >= 11 is 0. The summed E-state index contributed by atoms with van der Waals surface area (Å²) in [5, 5.41) is 6.68. The van der Waals surface area contributed by atoms with Gasteiger partial charge in [-0.05, 0) is 56.1 Å². The summed E-state index contributed by atoms with van der Waals surface area (Å²) in [7, 11) is 0. The molecule has 1 saturated heterocycles. The molecule has 2 aliphatic rings. The van der Waals surface area contributed by atoms with Crippen LogP contribution < -0.4 is 10.6 Å². The van der Waals surface area contributed by atoms with Gasteiger partial charge in [-0.2, -0.15) is 0 Å². The predicted octanol–water partition coefficient (Wildman–Crippen LogP) is 4.09. The van der Waals surface area contributed by atoms with Crippen LogP contribution in [0.2, 0.25) is 0 Å². The molecular weight excluding hydrogens is 369 g/mol. The largest absolute Gasteiger partial charge is 0.326 e. The van der Waals surface area contributed by atoms with Gasteiger partial charge >= 0.3 is 0 Å². The number of carbonyl (C=O) groups excluding carboxylic acids is 1. The highest BCUT2D eigenvalue weighted by atomic mass is 35.5. The maximum absolute atomic E-state index is 13.1. The van der Waals surface area contributed by atoms with E-state index in [1.165, 1.54) is 24.8 Å². The van der Waals surface area contributed by atoms with Crippen LogP contribution >= 0.6 is 24.8 Å². The fraction of sp³-hybridized carbons (Fsp3) is 0.650. The molecule has 0 bridgehead atoms. The van der Waals surface area contributed by atoms with Crippen LogP contribution in [0.15, 0.2) is 24.3 Å². The van der Waals surface area contributed by atoms with E-state index in [0.29, 0.717) is 5.92 Å². The number of rotatable bonds is 6. The van der Waals surface area contributed by atoms with Crippen molar-refractivity contribution < 1.29 is 4.79 Å². The average molecular weight is 402 g/mol. The normalized spacial score (nSPS) is 24.3. The highest BCUT2D eigenvalue weighted by molar-refractivity contribution is 5.96. The summed E-state index contributed by atoms with van der Waals surface area (Å²) in [5.41, 5.74) is 2.02. The minimum atomic E-state index is -0.187. The van der Waals surface area contributed by atoms with E-state index < -0.39 is 0 Å². The first-order valence-corrected chi connectivity index (χ1v) is 9.51. The van der Waals surface area contributed by atoms with Crippen molar-refractivity contribution in [1.82, 2.24) is 10.2 Å². The van der Waals surface area contributed by atoms with Gasteiger partial charge in [0.15, 0.2) is 0 Å². The van der Waals surface area contributed by atoms with Gasteiger partial charge in [0.25, 0.3) is 0 Å². The van der Waals surface area contributed by atoms with Crippen LogP contribution in [0.3, 0.4) is 0 Å². The van der Waals surface area contributed by atoms with Gasteiger partial charge in [0.05, 0.1) is 5.41 Å². The van der Waals surface area contributed by atoms with E-state index in [1.54, 1.807) is 0 Å². The molecule has 26 heavy (non-hydrogen) atoms. The van der Waals surface area contributed by atoms with Crippen LogP contribution in [0.4, 0.5) is 5.69 Å². The minimum Gasteiger partial charge on any atom is -0.326 e. The molecule has 0 radical (unpaired) electrons. The molecule has 1 aliphatic carbocycles. The average Bonchev–Trinajstić information content (AvgIpc) is 3.05. The number of benzene rings is 1. The number of hydrogen-bond acceptors (Lipinski definition) is 3. The van der Waals surface area contributed by atoms with E-state index in [9.17, 15) is 4.79 Å². The first kappa shape index (κ1) is 23.2. The zero-order chi connectivity index (χ0) is 17.0. The highest BCUT2D eigenvalue weighted by Gasteiger charge is 2.49. The van der Waals surface area contributed by atoms with Crippen LogP contribution in [0.1, 0.15) is 45.1 Å². The molecule has 0 aromatic heterocycles. The van der Waals surface area contributed by atoms with Gasteiger partial charge in [-0.25, -0.2) is 0 Å². The maximum atomic E-state index is 13.1. The predicted molar refractivity (Wildman–Crippen MR) is 113 cm³/mol. The summed E-state index contributed by atoms with van der Waals surface area (Å²) in [6, 6.07) is 8.34. The number of nitrogens with zero attached hydrogens (tertiary/aromatic N) is 1. The first-order chi connectivity index (χ1) is 11.7. The number of nitrogens with one attached hydrogen (secondary N) is 2. The quantitative estimate of drug-likeness (QED) is 0.753. The molecule has 3 rings (SSSR count). The monoisotopic (exact) mass is 401 g/mol. The Morgan fingerprint density at radius 1 is 1.27 bits per heavy atom. The summed E-state index contributed by atoms with van der Waals surface area (Å²) < 4.78 is 0. The van der Waals surface area contributed by atoms with Gasteiger partial charge in [-0.3, -0.25) is 9.69 Å². The van der Waals surface area contributed by atoms with Crippen molar-refractivity contribution in [3.8, 4) is 0 Å². The standard InChI is InChI=1S/C20H31N3O.2ClH/c1-3-23(4-2)14-16-8-7-10-18(12-16)22-19(24)20-11-6-5-9-17(20)13-21-15-20;;/h7-8,10,12,17,21H,3-6,9,11,13-15H2,1-2H3,(H,22,24);2*1H/t17-,20+;;/m0../s1. The lowest BCUT2D eigenvalue weighted by Crippen LogP contribution is -2.44. The van der Waals surface area contributed by atoms with Crippen LogP contribution in [0.25, 0.3) is 0 Å². The number of amides is 1. The molecule has 2 fully saturated rings. The molecule has 2 atom stereocenters. The van der Waals surface area contributed by atoms with E-state index >= 15 is 0 Å². The lowest BCUT2D eigenvalue weighted by atomic mass is 9.67. The molecule has 0 spiro atoms. The first-order valence-electron chi connectivity index (χ1n) is 9.51. The Morgan fingerprint density at radius 3 is 2.77 bits per heavy atom. The van der Waals surface area contributed by atoms with Gasteiger partial charge < -0.3 is 10.6 Å². The Hall–Kier alpha value is -0.810. The highest BCUT2D eigenvalue weighted by Crippen LogP contribution is 2.44. The number of anilines is 1. The third-order valence-electron chi connectivity index (χ3n) is 5.98. The molecule has 1 aromatic rings. The second-order valence-corrected chi connectivity index (χ2v) is 7.35. The number of halogens is 2. The molecule has 1 saturated carbocycles. The van der Waals surface area contributed by atoms with Crippen LogP contribution in [-0.2, 0) is 11.3 Å². The molecule has 2 N–H and O–H groups in total. The van der Waals surface area contributed by atoms with Crippen LogP contribution in [-0.4, -0.2) is 37.0 Å². The molecule has 0 unspecified atom stereocenters. The van der Waals surface area contributed by atoms with Crippen molar-refractivity contribution in [2.75, 3.05) is 31.5 Å². The van der Waals surface area contributed by atoms with Crippen molar-refractivity contribution in [1.29, 1.82) is 0 Å². The number of hydrogen-bond donors (Lipinski definition) is 2. The third kappa shape index (κ3) is 4.92. The second-order valence-electron chi connectivity index (χ2n) is 7.35. The van der Waals surface area contributed by atoms with E-state index in [1.807, 2.05) is 6.07 Å². The van der Waals surface area contributed by atoms with Crippen LogP contribution in [0.5, 0.6) is 0 Å². The summed E-state index contributed by atoms with van der Waals surface area (Å²) in [6.07, 6.45) is 4.65. The van der Waals surface area contributed by atoms with Crippen LogP contribution in [0, 0.1) is 11.3 Å². The van der Waals surface area contributed by atoms with Crippen molar-refractivity contribution >= 4 is 36.4 Å². The van der Waals surface area contributed by atoms with E-state index in [0.717, 1.165) is 44.8 Å². The SMILES string of the molecule is CCN(CC)Cc1cccc(NC(=O)[C@@]23CCCC[C@H]2CNC3)c1.Cl.Cl. The Bertz CT molecular complexity index is 580. The zero-order valence-corrected chi connectivity index (χ0v) is 17.6. The number of carbonyl (C=O) groups is 1. The van der Waals surface area contributed by atoms with Gasteiger partial charge in [0, 0.05) is 18.8 Å². The molecule has 6 heteroatoms. The van der Waals surface area contributed by atoms with E-state index in [4.69, 9.17) is 0 Å². The molecule has 4 nitrogen and oxygen atoms in total. The summed E-state index contributed by atoms with van der Waals surface area (Å²) in [4.78, 5) is 15.4. The number of fused-ring (bicyclic) bond motifs is 1. The fourth-order valence-corrected chi connectivity index (χ4v) is 4.40. The molecule has 1 amide bonds. The smallest absolute Gasteiger partial charge is 0.232 e. The Balaban J connectivity index is 0.00000169. The molecule has 1 aliphatic heterocycles. The van der Waals surface area contributed by atoms with Crippen molar-refractivity contribution in [2.24, 2.45) is 11.3 Å². The lowest BCUT2D eigenvalue weighted by Gasteiger charge is -2.37. The molecule has 148 valence electrons. The lowest BCUT2D eigenvalue weighted by molar-refractivity contribution is -0.128. The maximum Gasteiger partial charge on any atom is 0.232 e. The van der Waals surface area contributed by atoms with Gasteiger partial charge in [0.2, 0.25) is 5.91 Å². The topological polar surface area (TPSA) is 44.4 Å². The van der Waals surface area contributed by atoms with Crippen molar-refractivity contribution in [2.45, 2.75) is 46.1 Å². The summed E-state index contributed by atoms with van der Waals surface area (Å²) in [5.74, 6) is 0.724. The Labute approximate surface area is 170 Å². The Morgan fingerprint density at radius 2 is 2.04 bits per heavy atom. The molecular formula is C20H33Cl2N3O. The van der Waals surface area contributed by atoms with Gasteiger partial charge in [-0.15, -0.1) is 24.8 Å². The van der Waals surface area contributed by atoms with E-state index in [-0.39, 0.29) is 36.1 Å². The Kier molecular flexibility index (Phi) is 9.39. The third-order valence-corrected chi connectivity index (χ3v) is 5.98. The second kappa shape index (κ2) is 10.5. The van der Waals surface area contributed by atoms with Crippen molar-refractivity contribution in [3.63, 3.8) is 0 Å². The summed E-state index contributed by atoms with van der Waals surface area (Å²) in [6.45, 7) is 9.23. The van der Waals surface area contributed by atoms with E-state index in [2.05, 4.69) is 47.6 Å². The van der Waals surface area contributed by atoms with Gasteiger partial charge in [-0.1, -0.05) is 38.8 Å². The zero-order valence-electron chi connectivity index (χ0n) is 15.9. The molecule has 1 heterocycles. The minimum absolute atomic E-state index is 0.